The van der Waals surface area contributed by atoms with Gasteiger partial charge in [0, 0.05) is 11.1 Å². The van der Waals surface area contributed by atoms with Crippen molar-refractivity contribution in [3.8, 4) is 0 Å². The fourth-order valence-electron chi connectivity index (χ4n) is 2.62. The quantitative estimate of drug-likeness (QED) is 0.907. The number of nitrogen functional groups attached to an aromatic ring is 1. The molecule has 3 rings (SSSR count). The maximum absolute atomic E-state index is 12.1. The molecule has 1 aliphatic rings. The molecule has 2 aromatic rings. The summed E-state index contributed by atoms with van der Waals surface area (Å²) in [4.78, 5) is 9.58. The summed E-state index contributed by atoms with van der Waals surface area (Å²) in [5, 5.41) is 2.87. The van der Waals surface area contributed by atoms with Crippen LogP contribution in [0, 0.1) is 0 Å². The van der Waals surface area contributed by atoms with Gasteiger partial charge in [0.2, 0.25) is 0 Å². The van der Waals surface area contributed by atoms with E-state index < -0.39 is 12.7 Å². The lowest BCUT2D eigenvalue weighted by Crippen LogP contribution is -2.21. The molecule has 4 nitrogen and oxygen atoms in total. The third-order valence-corrected chi connectivity index (χ3v) is 4.63. The fraction of sp³-hybridized carbons (Fsp3) is 0.429. The normalized spacial score (nSPS) is 18.0. The number of aromatic nitrogens is 2. The number of nitrogens with one attached hydrogen (secondary N) is 1. The van der Waals surface area contributed by atoms with Crippen LogP contribution in [0.4, 0.5) is 24.1 Å². The van der Waals surface area contributed by atoms with E-state index in [1.54, 1.807) is 12.3 Å². The van der Waals surface area contributed by atoms with Gasteiger partial charge in [-0.3, -0.25) is 0 Å². The number of aryl methyl sites for hydroxylation is 1. The van der Waals surface area contributed by atoms with E-state index in [4.69, 9.17) is 5.73 Å². The number of nitrogens with zero attached hydrogens (tertiary/aromatic N) is 2. The van der Waals surface area contributed by atoms with Crippen LogP contribution in [0.1, 0.15) is 28.5 Å². The highest BCUT2D eigenvalue weighted by molar-refractivity contribution is 7.15. The Morgan fingerprint density at radius 1 is 1.36 bits per heavy atom. The van der Waals surface area contributed by atoms with Gasteiger partial charge in [0.05, 0.1) is 5.69 Å². The highest BCUT2D eigenvalue weighted by atomic mass is 32.1. The number of nitrogens with two attached hydrogens (primary N) is 1. The van der Waals surface area contributed by atoms with E-state index in [-0.39, 0.29) is 5.82 Å². The van der Waals surface area contributed by atoms with Crippen LogP contribution in [0.2, 0.25) is 0 Å². The maximum Gasteiger partial charge on any atom is 0.405 e. The number of pyridine rings is 1. The van der Waals surface area contributed by atoms with Gasteiger partial charge in [-0.25, -0.2) is 9.97 Å². The first kappa shape index (κ1) is 15.1. The number of hydrogen-bond acceptors (Lipinski definition) is 5. The van der Waals surface area contributed by atoms with Crippen molar-refractivity contribution in [1.29, 1.82) is 0 Å². The van der Waals surface area contributed by atoms with Crippen molar-refractivity contribution < 1.29 is 13.2 Å². The molecule has 1 atom stereocenters. The first-order valence-corrected chi connectivity index (χ1v) is 7.73. The summed E-state index contributed by atoms with van der Waals surface area (Å²) in [5.74, 6) is 0.552. The van der Waals surface area contributed by atoms with Crippen LogP contribution in [-0.2, 0) is 12.8 Å². The molecule has 0 saturated heterocycles. The summed E-state index contributed by atoms with van der Waals surface area (Å²) in [6.45, 7) is -1.08. The zero-order valence-electron chi connectivity index (χ0n) is 11.7. The number of hydrogen-bond donors (Lipinski definition) is 2. The molecular formula is C14H15F3N4S. The van der Waals surface area contributed by atoms with Crippen LogP contribution in [0.3, 0.4) is 0 Å². The monoisotopic (exact) mass is 328 g/mol. The van der Waals surface area contributed by atoms with E-state index in [9.17, 15) is 13.2 Å². The average molecular weight is 328 g/mol. The van der Waals surface area contributed by atoms with Crippen molar-refractivity contribution in [3.05, 3.63) is 34.5 Å². The summed E-state index contributed by atoms with van der Waals surface area (Å²) in [5.41, 5.74) is 7.84. The molecule has 0 amide bonds. The van der Waals surface area contributed by atoms with Gasteiger partial charge < -0.3 is 11.1 Å². The van der Waals surface area contributed by atoms with Crippen LogP contribution in [0.5, 0.6) is 0 Å². The molecule has 0 aliphatic heterocycles. The number of thiazole rings is 1. The maximum atomic E-state index is 12.1. The van der Waals surface area contributed by atoms with Gasteiger partial charge in [-0.2, -0.15) is 13.2 Å². The zero-order valence-corrected chi connectivity index (χ0v) is 12.5. The summed E-state index contributed by atoms with van der Waals surface area (Å²) >= 11 is 1.51. The largest absolute Gasteiger partial charge is 0.405 e. The zero-order chi connectivity index (χ0) is 15.7. The Labute approximate surface area is 129 Å². The van der Waals surface area contributed by atoms with Crippen LogP contribution >= 0.6 is 11.3 Å². The minimum absolute atomic E-state index is 0.236. The second-order valence-electron chi connectivity index (χ2n) is 5.31. The van der Waals surface area contributed by atoms with Gasteiger partial charge in [0.25, 0.3) is 0 Å². The molecule has 0 bridgehead atoms. The molecule has 8 heteroatoms. The number of alkyl halides is 3. The first-order valence-electron chi connectivity index (χ1n) is 6.91. The Morgan fingerprint density at radius 2 is 2.18 bits per heavy atom. The fourth-order valence-corrected chi connectivity index (χ4v) is 3.58. The Morgan fingerprint density at radius 3 is 2.86 bits per heavy atom. The van der Waals surface area contributed by atoms with Crippen molar-refractivity contribution in [3.63, 3.8) is 0 Å². The smallest absolute Gasteiger partial charge is 0.375 e. The van der Waals surface area contributed by atoms with Gasteiger partial charge in [-0.15, -0.1) is 11.3 Å². The Kier molecular flexibility index (Phi) is 3.94. The van der Waals surface area contributed by atoms with Crippen LogP contribution < -0.4 is 11.1 Å². The van der Waals surface area contributed by atoms with Gasteiger partial charge in [0.15, 0.2) is 5.13 Å². The Hall–Kier alpha value is -1.83. The predicted octanol–water partition coefficient (Wildman–Crippen LogP) is 3.37. The van der Waals surface area contributed by atoms with Crippen molar-refractivity contribution in [2.75, 3.05) is 17.6 Å². The predicted molar refractivity (Wildman–Crippen MR) is 80.1 cm³/mol. The van der Waals surface area contributed by atoms with Crippen molar-refractivity contribution >= 4 is 22.3 Å². The molecule has 0 spiro atoms. The molecule has 22 heavy (non-hydrogen) atoms. The first-order chi connectivity index (χ1) is 10.4. The highest BCUT2D eigenvalue weighted by Gasteiger charge is 2.27. The second kappa shape index (κ2) is 5.75. The third-order valence-electron chi connectivity index (χ3n) is 3.68. The molecule has 1 aliphatic carbocycles. The summed E-state index contributed by atoms with van der Waals surface area (Å²) in [7, 11) is 0. The average Bonchev–Trinajstić information content (AvgIpc) is 2.84. The molecule has 0 saturated carbocycles. The topological polar surface area (TPSA) is 63.8 Å². The van der Waals surface area contributed by atoms with Gasteiger partial charge in [-0.05, 0) is 36.8 Å². The minimum Gasteiger partial charge on any atom is -0.375 e. The van der Waals surface area contributed by atoms with Crippen LogP contribution in [-0.4, -0.2) is 22.7 Å². The highest BCUT2D eigenvalue weighted by Crippen LogP contribution is 2.36. The Bertz CT molecular complexity index is 651. The summed E-state index contributed by atoms with van der Waals surface area (Å²) in [6, 6.07) is 3.43. The van der Waals surface area contributed by atoms with Crippen molar-refractivity contribution in [1.82, 2.24) is 9.97 Å². The molecule has 0 radical (unpaired) electrons. The standard InChI is InChI=1S/C14H15F3N4S/c15-14(16,17)7-20-12-4-2-9(6-19-12)8-1-3-10-11(5-8)22-13(18)21-10/h2,4,6,8H,1,3,5,7H2,(H2,18,21)(H,19,20). The van der Waals surface area contributed by atoms with Crippen molar-refractivity contribution in [2.45, 2.75) is 31.4 Å². The second-order valence-corrected chi connectivity index (χ2v) is 6.42. The van der Waals surface area contributed by atoms with Gasteiger partial charge >= 0.3 is 6.18 Å². The minimum atomic E-state index is -4.24. The lowest BCUT2D eigenvalue weighted by molar-refractivity contribution is -0.115. The number of anilines is 2. The van der Waals surface area contributed by atoms with E-state index in [0.717, 1.165) is 30.5 Å². The lowest BCUT2D eigenvalue weighted by Gasteiger charge is -2.21. The molecule has 2 aromatic heterocycles. The molecule has 3 N–H and O–H groups in total. The van der Waals surface area contributed by atoms with Gasteiger partial charge in [0.1, 0.15) is 12.4 Å². The number of rotatable bonds is 3. The summed E-state index contributed by atoms with van der Waals surface area (Å²) < 4.78 is 36.4. The molecule has 118 valence electrons. The van der Waals surface area contributed by atoms with E-state index in [0.29, 0.717) is 11.0 Å². The molecule has 1 unspecified atom stereocenters. The lowest BCUT2D eigenvalue weighted by atomic mass is 9.86. The summed E-state index contributed by atoms with van der Waals surface area (Å²) in [6.07, 6.45) is 0.0984. The number of fused-ring (bicyclic) bond motifs is 1. The Balaban J connectivity index is 1.66. The SMILES string of the molecule is Nc1nc2c(s1)CC(c1ccc(NCC(F)(F)F)nc1)CC2. The van der Waals surface area contributed by atoms with E-state index >= 15 is 0 Å². The van der Waals surface area contributed by atoms with Crippen LogP contribution in [0.25, 0.3) is 0 Å². The van der Waals surface area contributed by atoms with Crippen LogP contribution in [0.15, 0.2) is 18.3 Å². The molecule has 0 aromatic carbocycles. The third kappa shape index (κ3) is 3.49. The molecular weight excluding hydrogens is 313 g/mol. The molecule has 2 heterocycles. The van der Waals surface area contributed by atoms with Crippen molar-refractivity contribution in [2.24, 2.45) is 0 Å². The van der Waals surface area contributed by atoms with Gasteiger partial charge in [-0.1, -0.05) is 6.07 Å². The molecule has 0 fully saturated rings. The van der Waals surface area contributed by atoms with E-state index in [2.05, 4.69) is 15.3 Å². The van der Waals surface area contributed by atoms with E-state index in [1.807, 2.05) is 6.07 Å². The number of halogens is 3. The van der Waals surface area contributed by atoms with E-state index in [1.165, 1.54) is 16.2 Å².